The van der Waals surface area contributed by atoms with Crippen molar-refractivity contribution in [3.05, 3.63) is 34.3 Å². The van der Waals surface area contributed by atoms with E-state index in [4.69, 9.17) is 0 Å². The van der Waals surface area contributed by atoms with Gasteiger partial charge in [0.1, 0.15) is 0 Å². The lowest BCUT2D eigenvalue weighted by atomic mass is 10.00. The van der Waals surface area contributed by atoms with Crippen LogP contribution < -0.4 is 5.32 Å². The number of nitrogens with one attached hydrogen (secondary N) is 1. The molecule has 1 aromatic rings. The molecule has 0 heterocycles. The topological polar surface area (TPSA) is 49.3 Å². The first-order valence-electron chi connectivity index (χ1n) is 6.79. The Morgan fingerprint density at radius 3 is 2.68 bits per heavy atom. The first-order chi connectivity index (χ1) is 9.08. The number of aliphatic hydroxyl groups excluding tert-OH is 1. The van der Waals surface area contributed by atoms with Crippen molar-refractivity contribution in [1.29, 1.82) is 0 Å². The quantitative estimate of drug-likeness (QED) is 0.894. The lowest BCUT2D eigenvalue weighted by Crippen LogP contribution is -2.34. The van der Waals surface area contributed by atoms with Crippen LogP contribution in [-0.2, 0) is 4.79 Å². The van der Waals surface area contributed by atoms with E-state index in [9.17, 15) is 9.90 Å². The van der Waals surface area contributed by atoms with E-state index in [1.54, 1.807) is 0 Å². The molecule has 1 aromatic carbocycles. The van der Waals surface area contributed by atoms with Crippen molar-refractivity contribution in [1.82, 2.24) is 5.32 Å². The van der Waals surface area contributed by atoms with E-state index in [2.05, 4.69) is 21.2 Å². The van der Waals surface area contributed by atoms with E-state index in [0.717, 1.165) is 29.3 Å². The Labute approximate surface area is 122 Å². The molecule has 19 heavy (non-hydrogen) atoms. The number of amides is 1. The van der Waals surface area contributed by atoms with Crippen LogP contribution in [0.3, 0.4) is 0 Å². The van der Waals surface area contributed by atoms with Gasteiger partial charge in [-0.2, -0.15) is 0 Å². The Morgan fingerprint density at radius 2 is 2.11 bits per heavy atom. The Morgan fingerprint density at radius 1 is 1.42 bits per heavy atom. The molecule has 3 unspecified atom stereocenters. The maximum atomic E-state index is 12.1. The maximum absolute atomic E-state index is 12.1. The summed E-state index contributed by atoms with van der Waals surface area (Å²) in [6, 6.07) is 7.80. The second-order valence-electron chi connectivity index (χ2n) is 5.28. The zero-order chi connectivity index (χ0) is 13.8. The van der Waals surface area contributed by atoms with Gasteiger partial charge in [0.15, 0.2) is 0 Å². The average molecular weight is 326 g/mol. The fourth-order valence-corrected chi connectivity index (χ4v) is 2.81. The summed E-state index contributed by atoms with van der Waals surface area (Å²) in [7, 11) is 0. The molecule has 3 atom stereocenters. The highest BCUT2D eigenvalue weighted by Gasteiger charge is 2.26. The number of aliphatic hydroxyl groups is 1. The average Bonchev–Trinajstić information content (AvgIpc) is 2.81. The minimum Gasteiger partial charge on any atom is -0.393 e. The fourth-order valence-electron chi connectivity index (χ4n) is 2.54. The predicted octanol–water partition coefficient (Wildman–Crippen LogP) is 2.83. The van der Waals surface area contributed by atoms with Gasteiger partial charge >= 0.3 is 0 Å². The number of benzene rings is 1. The smallest absolute Gasteiger partial charge is 0.227 e. The van der Waals surface area contributed by atoms with Crippen LogP contribution in [0.4, 0.5) is 0 Å². The summed E-state index contributed by atoms with van der Waals surface area (Å²) in [5, 5.41) is 12.7. The molecule has 0 spiro atoms. The van der Waals surface area contributed by atoms with Crippen molar-refractivity contribution in [3.8, 4) is 0 Å². The molecule has 1 aliphatic rings. The molecule has 0 saturated heterocycles. The summed E-state index contributed by atoms with van der Waals surface area (Å²) in [5.74, 6) is 0.0918. The Balaban J connectivity index is 1.87. The predicted molar refractivity (Wildman–Crippen MR) is 78.9 cm³/mol. The monoisotopic (exact) mass is 325 g/mol. The van der Waals surface area contributed by atoms with Gasteiger partial charge in [-0.15, -0.1) is 0 Å². The third-order valence-corrected chi connectivity index (χ3v) is 4.45. The normalized spacial score (nSPS) is 24.2. The number of rotatable bonds is 4. The molecular weight excluding hydrogens is 306 g/mol. The van der Waals surface area contributed by atoms with Crippen LogP contribution in [0.25, 0.3) is 0 Å². The van der Waals surface area contributed by atoms with Gasteiger partial charge in [0.2, 0.25) is 5.91 Å². The minimum absolute atomic E-state index is 0.0291. The standard InChI is InChI=1S/C15H20BrNO2/c1-10(11-5-7-13(16)8-6-11)15(19)17-9-12-3-2-4-14(12)18/h5-8,10,12,14,18H,2-4,9H2,1H3,(H,17,19). The zero-order valence-corrected chi connectivity index (χ0v) is 12.7. The number of carbonyl (C=O) groups is 1. The number of hydrogen-bond acceptors (Lipinski definition) is 2. The number of halogens is 1. The van der Waals surface area contributed by atoms with Crippen LogP contribution in [0.5, 0.6) is 0 Å². The van der Waals surface area contributed by atoms with Gasteiger partial charge < -0.3 is 10.4 Å². The second-order valence-corrected chi connectivity index (χ2v) is 6.19. The molecule has 1 saturated carbocycles. The van der Waals surface area contributed by atoms with Crippen molar-refractivity contribution in [3.63, 3.8) is 0 Å². The van der Waals surface area contributed by atoms with Crippen molar-refractivity contribution in [2.45, 2.75) is 38.2 Å². The van der Waals surface area contributed by atoms with Gasteiger partial charge in [-0.05, 0) is 37.5 Å². The van der Waals surface area contributed by atoms with Gasteiger partial charge in [-0.1, -0.05) is 34.5 Å². The lowest BCUT2D eigenvalue weighted by Gasteiger charge is -2.17. The summed E-state index contributed by atoms with van der Waals surface area (Å²) >= 11 is 3.39. The van der Waals surface area contributed by atoms with Crippen LogP contribution in [-0.4, -0.2) is 23.7 Å². The molecule has 1 fully saturated rings. The Kier molecular flexibility index (Phi) is 4.99. The van der Waals surface area contributed by atoms with Crippen LogP contribution in [0.1, 0.15) is 37.7 Å². The van der Waals surface area contributed by atoms with Crippen molar-refractivity contribution in [2.24, 2.45) is 5.92 Å². The molecule has 3 nitrogen and oxygen atoms in total. The summed E-state index contributed by atoms with van der Waals surface area (Å²) in [6.45, 7) is 2.49. The van der Waals surface area contributed by atoms with E-state index in [1.807, 2.05) is 31.2 Å². The van der Waals surface area contributed by atoms with Gasteiger partial charge in [-0.25, -0.2) is 0 Å². The van der Waals surface area contributed by atoms with E-state index in [1.165, 1.54) is 0 Å². The van der Waals surface area contributed by atoms with E-state index < -0.39 is 0 Å². The summed E-state index contributed by atoms with van der Waals surface area (Å²) < 4.78 is 1.01. The molecule has 0 aromatic heterocycles. The molecule has 0 aliphatic heterocycles. The number of hydrogen-bond donors (Lipinski definition) is 2. The van der Waals surface area contributed by atoms with Crippen molar-refractivity contribution < 1.29 is 9.90 Å². The maximum Gasteiger partial charge on any atom is 0.227 e. The highest BCUT2D eigenvalue weighted by molar-refractivity contribution is 9.10. The van der Waals surface area contributed by atoms with E-state index >= 15 is 0 Å². The second kappa shape index (κ2) is 6.53. The molecular formula is C15H20BrNO2. The van der Waals surface area contributed by atoms with Crippen LogP contribution in [0.2, 0.25) is 0 Å². The molecule has 0 bridgehead atoms. The van der Waals surface area contributed by atoms with Crippen molar-refractivity contribution >= 4 is 21.8 Å². The minimum atomic E-state index is -0.247. The van der Waals surface area contributed by atoms with Gasteiger partial charge in [-0.3, -0.25) is 4.79 Å². The number of carbonyl (C=O) groups excluding carboxylic acids is 1. The first kappa shape index (κ1) is 14.5. The van der Waals surface area contributed by atoms with Gasteiger partial charge in [0, 0.05) is 16.9 Å². The molecule has 0 radical (unpaired) electrons. The first-order valence-corrected chi connectivity index (χ1v) is 7.58. The highest BCUT2D eigenvalue weighted by atomic mass is 79.9. The van der Waals surface area contributed by atoms with Crippen LogP contribution in [0, 0.1) is 5.92 Å². The molecule has 1 amide bonds. The van der Waals surface area contributed by atoms with Gasteiger partial charge in [0.05, 0.1) is 12.0 Å². The van der Waals surface area contributed by atoms with Crippen LogP contribution in [0.15, 0.2) is 28.7 Å². The summed E-state index contributed by atoms with van der Waals surface area (Å²) in [6.07, 6.45) is 2.68. The highest BCUT2D eigenvalue weighted by Crippen LogP contribution is 2.25. The molecule has 4 heteroatoms. The third kappa shape index (κ3) is 3.80. The van der Waals surface area contributed by atoms with Crippen LogP contribution >= 0.6 is 15.9 Å². The summed E-state index contributed by atoms with van der Waals surface area (Å²) in [5.41, 5.74) is 1.01. The third-order valence-electron chi connectivity index (χ3n) is 3.92. The van der Waals surface area contributed by atoms with Crippen molar-refractivity contribution in [2.75, 3.05) is 6.54 Å². The summed E-state index contributed by atoms with van der Waals surface area (Å²) in [4.78, 5) is 12.1. The lowest BCUT2D eigenvalue weighted by molar-refractivity contribution is -0.122. The molecule has 2 rings (SSSR count). The van der Waals surface area contributed by atoms with E-state index in [-0.39, 0.29) is 23.8 Å². The molecule has 2 N–H and O–H groups in total. The fraction of sp³-hybridized carbons (Fsp3) is 0.533. The Bertz CT molecular complexity index is 432. The molecule has 104 valence electrons. The SMILES string of the molecule is CC(C(=O)NCC1CCCC1O)c1ccc(Br)cc1. The van der Waals surface area contributed by atoms with E-state index in [0.29, 0.717) is 6.54 Å². The zero-order valence-electron chi connectivity index (χ0n) is 11.1. The largest absolute Gasteiger partial charge is 0.393 e. The molecule has 1 aliphatic carbocycles. The Hall–Kier alpha value is -0.870. The van der Waals surface area contributed by atoms with Gasteiger partial charge in [0.25, 0.3) is 0 Å².